The maximum atomic E-state index is 5.20. The molecule has 0 aliphatic carbocycles. The molecule has 4 rings (SSSR count). The summed E-state index contributed by atoms with van der Waals surface area (Å²) in [6.07, 6.45) is 2.23. The van der Waals surface area contributed by atoms with E-state index in [9.17, 15) is 0 Å². The van der Waals surface area contributed by atoms with Crippen molar-refractivity contribution >= 4 is 16.6 Å². The Balaban J connectivity index is 1.44. The van der Waals surface area contributed by atoms with Gasteiger partial charge in [0.05, 0.1) is 7.11 Å². The van der Waals surface area contributed by atoms with Gasteiger partial charge >= 0.3 is 0 Å². The number of hydrogen-bond acceptors (Lipinski definition) is 3. The van der Waals surface area contributed by atoms with Crippen LogP contribution in [0.25, 0.3) is 10.9 Å². The summed E-state index contributed by atoms with van der Waals surface area (Å²) in [5, 5.41) is 8.46. The summed E-state index contributed by atoms with van der Waals surface area (Å²) in [5.74, 6) is 0.892. The second-order valence-electron chi connectivity index (χ2n) is 6.53. The number of anilines is 1. The largest absolute Gasteiger partial charge is 0.497 e. The maximum absolute atomic E-state index is 5.20. The highest BCUT2D eigenvalue weighted by Crippen LogP contribution is 2.28. The smallest absolute Gasteiger partial charge is 0.119 e. The summed E-state index contributed by atoms with van der Waals surface area (Å²) in [6.45, 7) is 4.07. The molecule has 0 fully saturated rings. The monoisotopic (exact) mass is 335 g/mol. The van der Waals surface area contributed by atoms with Crippen molar-refractivity contribution < 1.29 is 4.74 Å². The molecule has 25 heavy (non-hydrogen) atoms. The van der Waals surface area contributed by atoms with Gasteiger partial charge in [0.1, 0.15) is 5.75 Å². The summed E-state index contributed by atoms with van der Waals surface area (Å²) < 4.78 is 7.71. The number of methoxy groups -OCH3 is 1. The van der Waals surface area contributed by atoms with E-state index in [4.69, 9.17) is 4.74 Å². The molecule has 1 aliphatic rings. The first kappa shape index (κ1) is 16.0. The predicted molar refractivity (Wildman–Crippen MR) is 103 cm³/mol. The quantitative estimate of drug-likeness (QED) is 0.673. The molecule has 1 aromatic heterocycles. The number of aryl methyl sites for hydroxylation is 1. The van der Waals surface area contributed by atoms with E-state index in [0.717, 1.165) is 50.5 Å². The van der Waals surface area contributed by atoms with E-state index in [2.05, 4.69) is 51.6 Å². The lowest BCUT2D eigenvalue weighted by atomic mass is 10.1. The van der Waals surface area contributed by atoms with Gasteiger partial charge in [0.15, 0.2) is 0 Å². The van der Waals surface area contributed by atoms with Crippen LogP contribution in [-0.4, -0.2) is 24.8 Å². The van der Waals surface area contributed by atoms with Crippen molar-refractivity contribution in [3.8, 4) is 5.75 Å². The van der Waals surface area contributed by atoms with E-state index in [1.807, 2.05) is 12.1 Å². The van der Waals surface area contributed by atoms with Crippen LogP contribution in [0, 0.1) is 0 Å². The molecule has 1 aliphatic heterocycles. The number of aromatic nitrogens is 1. The van der Waals surface area contributed by atoms with Crippen LogP contribution in [0.4, 0.5) is 5.69 Å². The minimum atomic E-state index is 0.892. The van der Waals surface area contributed by atoms with Gasteiger partial charge in [-0.25, -0.2) is 0 Å². The van der Waals surface area contributed by atoms with Crippen LogP contribution in [0.15, 0.2) is 48.5 Å². The Morgan fingerprint density at radius 2 is 1.96 bits per heavy atom. The topological polar surface area (TPSA) is 38.2 Å². The number of fused-ring (bicyclic) bond motifs is 3. The number of nitrogens with zero attached hydrogens (tertiary/aromatic N) is 1. The molecule has 3 aromatic rings. The van der Waals surface area contributed by atoms with Crippen LogP contribution in [0.2, 0.25) is 0 Å². The van der Waals surface area contributed by atoms with Gasteiger partial charge in [0.25, 0.3) is 0 Å². The van der Waals surface area contributed by atoms with E-state index >= 15 is 0 Å². The highest BCUT2D eigenvalue weighted by Gasteiger charge is 2.18. The summed E-state index contributed by atoms with van der Waals surface area (Å²) in [6, 6.07) is 16.9. The average Bonchev–Trinajstić information content (AvgIpc) is 3.00. The molecular formula is C21H25N3O. The molecule has 130 valence electrons. The maximum Gasteiger partial charge on any atom is 0.119 e. The molecule has 0 radical (unpaired) electrons. The Kier molecular flexibility index (Phi) is 4.61. The number of benzene rings is 2. The van der Waals surface area contributed by atoms with Crippen LogP contribution < -0.4 is 15.4 Å². The number of rotatable bonds is 6. The van der Waals surface area contributed by atoms with Gasteiger partial charge < -0.3 is 19.9 Å². The first-order chi connectivity index (χ1) is 12.4. The first-order valence-electron chi connectivity index (χ1n) is 9.04. The minimum Gasteiger partial charge on any atom is -0.497 e. The fourth-order valence-corrected chi connectivity index (χ4v) is 3.76. The SMILES string of the molecule is COc1ccc(NCCCn2c3c(c4ccccc42)CCNC3)cc1. The zero-order chi connectivity index (χ0) is 17.1. The molecule has 0 bridgehead atoms. The number of hydrogen-bond donors (Lipinski definition) is 2. The lowest BCUT2D eigenvalue weighted by Gasteiger charge is -2.17. The molecule has 0 saturated carbocycles. The Bertz CT molecular complexity index is 851. The Morgan fingerprint density at radius 3 is 2.80 bits per heavy atom. The van der Waals surface area contributed by atoms with Gasteiger partial charge in [-0.1, -0.05) is 18.2 Å². The zero-order valence-corrected chi connectivity index (χ0v) is 14.7. The summed E-state index contributed by atoms with van der Waals surface area (Å²) in [5.41, 5.74) is 5.52. The van der Waals surface area contributed by atoms with Crippen molar-refractivity contribution in [3.63, 3.8) is 0 Å². The van der Waals surface area contributed by atoms with Crippen molar-refractivity contribution in [1.29, 1.82) is 0 Å². The predicted octanol–water partition coefficient (Wildman–Crippen LogP) is 3.80. The molecule has 2 N–H and O–H groups in total. The van der Waals surface area contributed by atoms with E-state index in [0.29, 0.717) is 0 Å². The standard InChI is InChI=1S/C21H25N3O/c1-25-17-9-7-16(8-10-17)23-12-4-14-24-20-6-3-2-5-18(20)19-11-13-22-15-21(19)24/h2-3,5-10,22-23H,4,11-15H2,1H3. The van der Waals surface area contributed by atoms with Crippen LogP contribution in [0.3, 0.4) is 0 Å². The molecular weight excluding hydrogens is 310 g/mol. The molecule has 0 spiro atoms. The number of ether oxygens (including phenoxy) is 1. The lowest BCUT2D eigenvalue weighted by molar-refractivity contribution is 0.415. The second-order valence-corrected chi connectivity index (χ2v) is 6.53. The molecule has 2 heterocycles. The Morgan fingerprint density at radius 1 is 1.12 bits per heavy atom. The first-order valence-corrected chi connectivity index (χ1v) is 9.04. The van der Waals surface area contributed by atoms with Crippen LogP contribution in [0.1, 0.15) is 17.7 Å². The number of nitrogens with one attached hydrogen (secondary N) is 2. The van der Waals surface area contributed by atoms with Crippen molar-refractivity contribution in [2.24, 2.45) is 0 Å². The van der Waals surface area contributed by atoms with Crippen LogP contribution >= 0.6 is 0 Å². The van der Waals surface area contributed by atoms with Crippen molar-refractivity contribution in [1.82, 2.24) is 9.88 Å². The fraction of sp³-hybridized carbons (Fsp3) is 0.333. The normalized spacial score (nSPS) is 13.6. The van der Waals surface area contributed by atoms with E-state index in [1.165, 1.54) is 22.2 Å². The third-order valence-corrected chi connectivity index (χ3v) is 5.02. The highest BCUT2D eigenvalue weighted by atomic mass is 16.5. The third kappa shape index (κ3) is 3.22. The van der Waals surface area contributed by atoms with Crippen molar-refractivity contribution in [3.05, 3.63) is 59.8 Å². The van der Waals surface area contributed by atoms with Gasteiger partial charge in [0, 0.05) is 41.9 Å². The summed E-state index contributed by atoms with van der Waals surface area (Å²) >= 11 is 0. The van der Waals surface area contributed by atoms with Gasteiger partial charge in [-0.2, -0.15) is 0 Å². The average molecular weight is 335 g/mol. The van der Waals surface area contributed by atoms with Gasteiger partial charge in [-0.3, -0.25) is 0 Å². The van der Waals surface area contributed by atoms with Crippen molar-refractivity contribution in [2.45, 2.75) is 25.9 Å². The van der Waals surface area contributed by atoms with Gasteiger partial charge in [-0.05, 0) is 55.3 Å². The molecule has 4 nitrogen and oxygen atoms in total. The summed E-state index contributed by atoms with van der Waals surface area (Å²) in [4.78, 5) is 0. The molecule has 0 unspecified atom stereocenters. The molecule has 0 saturated heterocycles. The number of para-hydroxylation sites is 1. The van der Waals surface area contributed by atoms with Gasteiger partial charge in [0.2, 0.25) is 0 Å². The van der Waals surface area contributed by atoms with E-state index < -0.39 is 0 Å². The third-order valence-electron chi connectivity index (χ3n) is 5.02. The highest BCUT2D eigenvalue weighted by molar-refractivity contribution is 5.85. The zero-order valence-electron chi connectivity index (χ0n) is 14.7. The van der Waals surface area contributed by atoms with Crippen molar-refractivity contribution in [2.75, 3.05) is 25.5 Å². The Hall–Kier alpha value is -2.46. The van der Waals surface area contributed by atoms with Crippen LogP contribution in [0.5, 0.6) is 5.75 Å². The second kappa shape index (κ2) is 7.19. The van der Waals surface area contributed by atoms with E-state index in [1.54, 1.807) is 7.11 Å². The van der Waals surface area contributed by atoms with Gasteiger partial charge in [-0.15, -0.1) is 0 Å². The molecule has 2 aromatic carbocycles. The molecule has 0 amide bonds. The fourth-order valence-electron chi connectivity index (χ4n) is 3.76. The Labute approximate surface area is 148 Å². The summed E-state index contributed by atoms with van der Waals surface area (Å²) in [7, 11) is 1.69. The van der Waals surface area contributed by atoms with Crippen LogP contribution in [-0.2, 0) is 19.5 Å². The van der Waals surface area contributed by atoms with E-state index in [-0.39, 0.29) is 0 Å². The molecule has 0 atom stereocenters. The minimum absolute atomic E-state index is 0.892. The molecule has 4 heteroatoms. The lowest BCUT2D eigenvalue weighted by Crippen LogP contribution is -2.25.